The van der Waals surface area contributed by atoms with Crippen molar-refractivity contribution in [2.75, 3.05) is 13.1 Å². The molecule has 1 aliphatic heterocycles. The normalized spacial score (nSPS) is 26.0. The molecule has 0 radical (unpaired) electrons. The van der Waals surface area contributed by atoms with E-state index in [1.807, 2.05) is 0 Å². The van der Waals surface area contributed by atoms with Crippen LogP contribution in [0.15, 0.2) is 0 Å². The summed E-state index contributed by atoms with van der Waals surface area (Å²) in [6, 6.07) is -1.30. The van der Waals surface area contributed by atoms with Crippen molar-refractivity contribution in [2.45, 2.75) is 24.9 Å². The molecule has 0 spiro atoms. The summed E-state index contributed by atoms with van der Waals surface area (Å²) >= 11 is 0. The maximum Gasteiger partial charge on any atom is 0.326 e. The zero-order valence-electron chi connectivity index (χ0n) is 10.3. The van der Waals surface area contributed by atoms with Crippen LogP contribution < -0.4 is 11.1 Å². The van der Waals surface area contributed by atoms with Crippen LogP contribution in [0.5, 0.6) is 0 Å². The molecule has 2 atom stereocenters. The Bertz CT molecular complexity index is 437. The summed E-state index contributed by atoms with van der Waals surface area (Å²) in [4.78, 5) is 45.4. The summed E-state index contributed by atoms with van der Waals surface area (Å²) in [5.41, 5.74) is 3.79. The molecule has 9 nitrogen and oxygen atoms in total. The first-order valence-corrected chi connectivity index (χ1v) is 5.46. The quantitative estimate of drug-likeness (QED) is 0.445. The lowest BCUT2D eigenvalue weighted by Gasteiger charge is -2.22. The second-order valence-electron chi connectivity index (χ2n) is 4.45. The number of nitrogens with zero attached hydrogens (tertiary/aromatic N) is 1. The van der Waals surface area contributed by atoms with Crippen LogP contribution in [-0.2, 0) is 19.2 Å². The summed E-state index contributed by atoms with van der Waals surface area (Å²) in [5, 5.41) is 20.2. The van der Waals surface area contributed by atoms with E-state index in [9.17, 15) is 19.2 Å². The second-order valence-corrected chi connectivity index (χ2v) is 4.45. The number of rotatable bonds is 4. The summed E-state index contributed by atoms with van der Waals surface area (Å²) in [6.07, 6.45) is -0.372. The molecular weight excluding hydrogens is 258 g/mol. The van der Waals surface area contributed by atoms with E-state index in [4.69, 9.17) is 15.9 Å². The van der Waals surface area contributed by atoms with E-state index in [1.54, 1.807) is 0 Å². The van der Waals surface area contributed by atoms with Crippen LogP contribution in [0.4, 0.5) is 0 Å². The van der Waals surface area contributed by atoms with Crippen LogP contribution >= 0.6 is 0 Å². The van der Waals surface area contributed by atoms with Crippen LogP contribution in [0.1, 0.15) is 13.3 Å². The summed E-state index contributed by atoms with van der Waals surface area (Å²) in [5.74, 6) is -3.83. The first-order chi connectivity index (χ1) is 8.67. The second kappa shape index (κ2) is 5.22. The van der Waals surface area contributed by atoms with Gasteiger partial charge in [0.1, 0.15) is 11.6 Å². The fraction of sp³-hybridized carbons (Fsp3) is 0.600. The van der Waals surface area contributed by atoms with Crippen molar-refractivity contribution in [3.8, 4) is 0 Å². The zero-order chi connectivity index (χ0) is 14.8. The predicted molar refractivity (Wildman–Crippen MR) is 61.0 cm³/mol. The van der Waals surface area contributed by atoms with Crippen LogP contribution in [0, 0.1) is 0 Å². The van der Waals surface area contributed by atoms with Gasteiger partial charge in [-0.3, -0.25) is 14.4 Å². The van der Waals surface area contributed by atoms with Gasteiger partial charge in [-0.2, -0.15) is 0 Å². The highest BCUT2D eigenvalue weighted by molar-refractivity contribution is 5.91. The summed E-state index contributed by atoms with van der Waals surface area (Å²) in [6.45, 7) is 0.406. The molecule has 19 heavy (non-hydrogen) atoms. The van der Waals surface area contributed by atoms with E-state index >= 15 is 0 Å². The van der Waals surface area contributed by atoms with Crippen LogP contribution in [0.3, 0.4) is 0 Å². The molecule has 0 saturated carbocycles. The largest absolute Gasteiger partial charge is 0.480 e. The molecule has 0 aromatic carbocycles. The number of nitrogens with two attached hydrogens (primary N) is 1. The van der Waals surface area contributed by atoms with Crippen molar-refractivity contribution in [3.63, 3.8) is 0 Å². The van der Waals surface area contributed by atoms with Gasteiger partial charge in [-0.1, -0.05) is 0 Å². The number of carbonyl (C=O) groups is 4. The Balaban J connectivity index is 2.85. The molecule has 1 heterocycles. The van der Waals surface area contributed by atoms with Crippen LogP contribution in [-0.4, -0.2) is 63.5 Å². The third kappa shape index (κ3) is 3.19. The maximum absolute atomic E-state index is 11.8. The average Bonchev–Trinajstić information content (AvgIpc) is 2.66. The van der Waals surface area contributed by atoms with Crippen molar-refractivity contribution in [1.82, 2.24) is 10.2 Å². The topological polar surface area (TPSA) is 150 Å². The van der Waals surface area contributed by atoms with Crippen molar-refractivity contribution in [3.05, 3.63) is 0 Å². The molecular formula is C10H15N3O6. The lowest BCUT2D eigenvalue weighted by molar-refractivity contribution is -0.148. The Kier molecular flexibility index (Phi) is 4.10. The minimum absolute atomic E-state index is 0.372. The van der Waals surface area contributed by atoms with Gasteiger partial charge >= 0.3 is 11.9 Å². The Labute approximate surface area is 108 Å². The molecule has 1 aliphatic rings. The van der Waals surface area contributed by atoms with Gasteiger partial charge in [0.15, 0.2) is 0 Å². The number of amides is 2. The van der Waals surface area contributed by atoms with Crippen molar-refractivity contribution >= 4 is 23.8 Å². The van der Waals surface area contributed by atoms with Gasteiger partial charge in [-0.15, -0.1) is 0 Å². The SMILES string of the molecule is CC(=O)NCC(=O)N1C[C@](N)(C(=O)O)C[C@@H]1C(=O)O. The molecule has 0 bridgehead atoms. The lowest BCUT2D eigenvalue weighted by atomic mass is 9.98. The average molecular weight is 273 g/mol. The van der Waals surface area contributed by atoms with Gasteiger partial charge in [-0.05, 0) is 0 Å². The van der Waals surface area contributed by atoms with Gasteiger partial charge in [0, 0.05) is 13.3 Å². The zero-order valence-corrected chi connectivity index (χ0v) is 10.3. The third-order valence-electron chi connectivity index (χ3n) is 2.91. The standard InChI is InChI=1S/C10H15N3O6/c1-5(14)12-3-7(15)13-4-10(11,9(18)19)2-6(13)8(16)17/h6H,2-4,11H2,1H3,(H,12,14)(H,16,17)(H,18,19)/t6-,10+/m1/s1. The minimum Gasteiger partial charge on any atom is -0.480 e. The maximum atomic E-state index is 11.8. The Hall–Kier alpha value is -2.16. The molecule has 9 heteroatoms. The number of carboxylic acid groups (broad SMARTS) is 2. The summed E-state index contributed by atoms with van der Waals surface area (Å²) < 4.78 is 0. The Morgan fingerprint density at radius 2 is 1.95 bits per heavy atom. The summed E-state index contributed by atoms with van der Waals surface area (Å²) in [7, 11) is 0. The van der Waals surface area contributed by atoms with E-state index in [0.29, 0.717) is 0 Å². The van der Waals surface area contributed by atoms with E-state index in [2.05, 4.69) is 5.32 Å². The molecule has 1 saturated heterocycles. The fourth-order valence-corrected chi connectivity index (χ4v) is 1.87. The number of hydrogen-bond acceptors (Lipinski definition) is 5. The number of carboxylic acids is 2. The molecule has 1 fully saturated rings. The molecule has 5 N–H and O–H groups in total. The van der Waals surface area contributed by atoms with Gasteiger partial charge in [0.05, 0.1) is 13.1 Å². The molecule has 0 aromatic heterocycles. The molecule has 0 aliphatic carbocycles. The molecule has 106 valence electrons. The van der Waals surface area contributed by atoms with E-state index in [1.165, 1.54) is 6.92 Å². The van der Waals surface area contributed by atoms with E-state index < -0.39 is 48.4 Å². The predicted octanol–water partition coefficient (Wildman–Crippen LogP) is -2.41. The van der Waals surface area contributed by atoms with E-state index in [-0.39, 0.29) is 6.42 Å². The van der Waals surface area contributed by atoms with Crippen molar-refractivity contribution < 1.29 is 29.4 Å². The van der Waals surface area contributed by atoms with Gasteiger partial charge < -0.3 is 26.2 Å². The number of hydrogen-bond donors (Lipinski definition) is 4. The van der Waals surface area contributed by atoms with Gasteiger partial charge in [0.2, 0.25) is 11.8 Å². The Morgan fingerprint density at radius 1 is 1.37 bits per heavy atom. The Morgan fingerprint density at radius 3 is 2.37 bits per heavy atom. The molecule has 0 unspecified atom stereocenters. The van der Waals surface area contributed by atoms with E-state index in [0.717, 1.165) is 4.90 Å². The molecule has 2 amide bonds. The monoisotopic (exact) mass is 273 g/mol. The van der Waals surface area contributed by atoms with Crippen LogP contribution in [0.25, 0.3) is 0 Å². The van der Waals surface area contributed by atoms with Crippen molar-refractivity contribution in [1.29, 1.82) is 0 Å². The van der Waals surface area contributed by atoms with Crippen LogP contribution in [0.2, 0.25) is 0 Å². The van der Waals surface area contributed by atoms with Gasteiger partial charge in [0.25, 0.3) is 0 Å². The fourth-order valence-electron chi connectivity index (χ4n) is 1.87. The highest BCUT2D eigenvalue weighted by Gasteiger charge is 2.51. The number of carbonyl (C=O) groups excluding carboxylic acids is 2. The third-order valence-corrected chi connectivity index (χ3v) is 2.91. The first kappa shape index (κ1) is 14.9. The highest BCUT2D eigenvalue weighted by atomic mass is 16.4. The number of aliphatic carboxylic acids is 2. The first-order valence-electron chi connectivity index (χ1n) is 5.46. The smallest absolute Gasteiger partial charge is 0.326 e. The molecule has 1 rings (SSSR count). The number of nitrogens with one attached hydrogen (secondary N) is 1. The highest BCUT2D eigenvalue weighted by Crippen LogP contribution is 2.25. The van der Waals surface area contributed by atoms with Crippen molar-refractivity contribution in [2.24, 2.45) is 5.73 Å². The molecule has 0 aromatic rings. The van der Waals surface area contributed by atoms with Gasteiger partial charge in [-0.25, -0.2) is 4.79 Å². The number of likely N-dealkylation sites (tertiary alicyclic amines) is 1. The minimum atomic E-state index is -1.78. The lowest BCUT2D eigenvalue weighted by Crippen LogP contribution is -2.51.